The number of amides is 2. The van der Waals surface area contributed by atoms with E-state index in [1.165, 1.54) is 0 Å². The summed E-state index contributed by atoms with van der Waals surface area (Å²) in [6.45, 7) is 1.00. The van der Waals surface area contributed by atoms with Crippen molar-refractivity contribution < 1.29 is 14.3 Å². The minimum Gasteiger partial charge on any atom is -0.497 e. The molecular weight excluding hydrogens is 406 g/mol. The van der Waals surface area contributed by atoms with Crippen LogP contribution in [0.15, 0.2) is 47.5 Å². The van der Waals surface area contributed by atoms with Crippen molar-refractivity contribution in [3.8, 4) is 5.75 Å². The maximum absolute atomic E-state index is 11.9. The van der Waals surface area contributed by atoms with Gasteiger partial charge in [0.15, 0.2) is 5.96 Å². The Labute approximate surface area is 180 Å². The summed E-state index contributed by atoms with van der Waals surface area (Å²) in [6, 6.07) is 12.7. The third-order valence-electron chi connectivity index (χ3n) is 4.27. The van der Waals surface area contributed by atoms with Crippen LogP contribution in [0.25, 0.3) is 0 Å². The minimum absolute atomic E-state index is 0.189. The molecule has 5 N–H and O–H groups in total. The van der Waals surface area contributed by atoms with Crippen LogP contribution in [0, 0.1) is 0 Å². The molecule has 0 unspecified atom stereocenters. The van der Waals surface area contributed by atoms with Gasteiger partial charge in [0.25, 0.3) is 5.91 Å². The second-order valence-electron chi connectivity index (χ2n) is 6.41. The van der Waals surface area contributed by atoms with Gasteiger partial charge in [-0.2, -0.15) is 0 Å². The average Bonchev–Trinajstić information content (AvgIpc) is 2.75. The van der Waals surface area contributed by atoms with Gasteiger partial charge in [-0.3, -0.25) is 14.6 Å². The molecule has 30 heavy (non-hydrogen) atoms. The fourth-order valence-electron chi connectivity index (χ4n) is 2.62. The molecule has 0 aliphatic rings. The Balaban J connectivity index is 1.80. The zero-order valence-electron chi connectivity index (χ0n) is 17.0. The SMILES string of the molecule is CN=C(NCCc1ccc(OC)cc1Cl)NCc1ccc(C(=O)NCC(N)=O)cc1. The van der Waals surface area contributed by atoms with E-state index in [2.05, 4.69) is 20.9 Å². The lowest BCUT2D eigenvalue weighted by atomic mass is 10.1. The van der Waals surface area contributed by atoms with Crippen molar-refractivity contribution in [3.63, 3.8) is 0 Å². The Morgan fingerprint density at radius 2 is 1.83 bits per heavy atom. The van der Waals surface area contributed by atoms with Gasteiger partial charge in [-0.25, -0.2) is 0 Å². The van der Waals surface area contributed by atoms with Crippen molar-refractivity contribution in [2.24, 2.45) is 10.7 Å². The predicted molar refractivity (Wildman–Crippen MR) is 118 cm³/mol. The van der Waals surface area contributed by atoms with Gasteiger partial charge < -0.3 is 26.4 Å². The lowest BCUT2D eigenvalue weighted by molar-refractivity contribution is -0.117. The molecule has 0 spiro atoms. The largest absolute Gasteiger partial charge is 0.497 e. The minimum atomic E-state index is -0.586. The quantitative estimate of drug-likeness (QED) is 0.354. The molecule has 0 saturated carbocycles. The third kappa shape index (κ3) is 7.29. The molecular formula is C21H26ClN5O3. The molecule has 0 bridgehead atoms. The number of nitrogens with one attached hydrogen (secondary N) is 3. The van der Waals surface area contributed by atoms with Gasteiger partial charge >= 0.3 is 0 Å². The molecule has 2 amide bonds. The predicted octanol–water partition coefficient (Wildman–Crippen LogP) is 1.47. The number of ether oxygens (including phenoxy) is 1. The van der Waals surface area contributed by atoms with Crippen molar-refractivity contribution in [1.82, 2.24) is 16.0 Å². The number of carbonyl (C=O) groups excluding carboxylic acids is 2. The summed E-state index contributed by atoms with van der Waals surface area (Å²) in [5.74, 6) is 0.453. The van der Waals surface area contributed by atoms with Crippen molar-refractivity contribution >= 4 is 29.4 Å². The van der Waals surface area contributed by atoms with Crippen LogP contribution in [0.3, 0.4) is 0 Å². The first-order valence-electron chi connectivity index (χ1n) is 9.35. The van der Waals surface area contributed by atoms with E-state index in [1.54, 1.807) is 32.4 Å². The highest BCUT2D eigenvalue weighted by atomic mass is 35.5. The van der Waals surface area contributed by atoms with Crippen molar-refractivity contribution in [2.45, 2.75) is 13.0 Å². The van der Waals surface area contributed by atoms with Crippen LogP contribution >= 0.6 is 11.6 Å². The molecule has 0 atom stereocenters. The molecule has 2 rings (SSSR count). The van der Waals surface area contributed by atoms with Crippen LogP contribution in [0.4, 0.5) is 0 Å². The molecule has 8 nitrogen and oxygen atoms in total. The van der Waals surface area contributed by atoms with Crippen molar-refractivity contribution in [1.29, 1.82) is 0 Å². The van der Waals surface area contributed by atoms with Crippen LogP contribution in [-0.2, 0) is 17.8 Å². The number of nitrogens with zero attached hydrogens (tertiary/aromatic N) is 1. The Kier molecular flexibility index (Phi) is 8.96. The van der Waals surface area contributed by atoms with Gasteiger partial charge in [0.1, 0.15) is 5.75 Å². The average molecular weight is 432 g/mol. The second kappa shape index (κ2) is 11.7. The Morgan fingerprint density at radius 3 is 2.43 bits per heavy atom. The molecule has 0 fully saturated rings. The van der Waals surface area contributed by atoms with E-state index in [0.717, 1.165) is 23.3 Å². The van der Waals surface area contributed by atoms with Crippen molar-refractivity contribution in [3.05, 3.63) is 64.2 Å². The highest BCUT2D eigenvalue weighted by molar-refractivity contribution is 6.31. The highest BCUT2D eigenvalue weighted by Crippen LogP contribution is 2.22. The lowest BCUT2D eigenvalue weighted by Crippen LogP contribution is -2.37. The van der Waals surface area contributed by atoms with Gasteiger partial charge in [0, 0.05) is 30.7 Å². The molecule has 0 heterocycles. The normalized spacial score (nSPS) is 11.0. The Bertz CT molecular complexity index is 900. The lowest BCUT2D eigenvalue weighted by Gasteiger charge is -2.13. The van der Waals surface area contributed by atoms with Crippen molar-refractivity contribution in [2.75, 3.05) is 27.2 Å². The summed E-state index contributed by atoms with van der Waals surface area (Å²) in [5.41, 5.74) is 7.47. The number of halogens is 1. The summed E-state index contributed by atoms with van der Waals surface area (Å²) in [5, 5.41) is 9.58. The first kappa shape index (κ1) is 23.0. The van der Waals surface area contributed by atoms with Crippen LogP contribution in [0.5, 0.6) is 5.75 Å². The van der Waals surface area contributed by atoms with Gasteiger partial charge in [-0.05, 0) is 41.8 Å². The zero-order valence-corrected chi connectivity index (χ0v) is 17.8. The number of hydrogen-bond acceptors (Lipinski definition) is 4. The number of hydrogen-bond donors (Lipinski definition) is 4. The number of carbonyl (C=O) groups is 2. The van der Waals surface area contributed by atoms with Crippen LogP contribution in [0.2, 0.25) is 5.02 Å². The fourth-order valence-corrected chi connectivity index (χ4v) is 2.89. The summed E-state index contributed by atoms with van der Waals surface area (Å²) >= 11 is 6.26. The van der Waals surface area contributed by atoms with Gasteiger partial charge in [0.05, 0.1) is 13.7 Å². The number of benzene rings is 2. The number of rotatable bonds is 9. The molecule has 2 aromatic carbocycles. The molecule has 0 aliphatic carbocycles. The van der Waals surface area contributed by atoms with Gasteiger partial charge in [-0.1, -0.05) is 29.8 Å². The maximum Gasteiger partial charge on any atom is 0.251 e. The number of primary amides is 1. The third-order valence-corrected chi connectivity index (χ3v) is 4.62. The van der Waals surface area contributed by atoms with E-state index in [4.69, 9.17) is 22.1 Å². The molecule has 160 valence electrons. The number of nitrogens with two attached hydrogens (primary N) is 1. The summed E-state index contributed by atoms with van der Waals surface area (Å²) in [6.07, 6.45) is 0.735. The van der Waals surface area contributed by atoms with E-state index >= 15 is 0 Å². The molecule has 0 radical (unpaired) electrons. The van der Waals surface area contributed by atoms with E-state index in [9.17, 15) is 9.59 Å². The number of methoxy groups -OCH3 is 1. The van der Waals surface area contributed by atoms with Gasteiger partial charge in [0.2, 0.25) is 5.91 Å². The molecule has 0 saturated heterocycles. The summed E-state index contributed by atoms with van der Waals surface area (Å²) in [7, 11) is 3.30. The van der Waals surface area contributed by atoms with Crippen LogP contribution < -0.4 is 26.4 Å². The van der Waals surface area contributed by atoms with Crippen LogP contribution in [0.1, 0.15) is 21.5 Å². The highest BCUT2D eigenvalue weighted by Gasteiger charge is 2.07. The maximum atomic E-state index is 11.9. The van der Waals surface area contributed by atoms with E-state index in [0.29, 0.717) is 29.6 Å². The molecule has 2 aromatic rings. The molecule has 9 heteroatoms. The first-order chi connectivity index (χ1) is 14.4. The second-order valence-corrected chi connectivity index (χ2v) is 6.81. The molecule has 0 aliphatic heterocycles. The van der Waals surface area contributed by atoms with Gasteiger partial charge in [-0.15, -0.1) is 0 Å². The monoisotopic (exact) mass is 431 g/mol. The fraction of sp³-hybridized carbons (Fsp3) is 0.286. The Hall–Kier alpha value is -3.26. The number of guanidine groups is 1. The van der Waals surface area contributed by atoms with E-state index in [-0.39, 0.29) is 12.5 Å². The zero-order chi connectivity index (χ0) is 21.9. The van der Waals surface area contributed by atoms with E-state index < -0.39 is 5.91 Å². The topological polar surface area (TPSA) is 118 Å². The Morgan fingerprint density at radius 1 is 1.10 bits per heavy atom. The standard InChI is InChI=1S/C21H26ClN5O3/c1-24-21(25-10-9-15-7-8-17(30-2)11-18(15)22)27-12-14-3-5-16(6-4-14)20(29)26-13-19(23)28/h3-8,11H,9-10,12-13H2,1-2H3,(H2,23,28)(H,26,29)(H2,24,25,27). The molecule has 0 aromatic heterocycles. The number of aliphatic imine (C=N–C) groups is 1. The summed E-state index contributed by atoms with van der Waals surface area (Å²) < 4.78 is 5.16. The van der Waals surface area contributed by atoms with Crippen LogP contribution in [-0.4, -0.2) is 45.0 Å². The first-order valence-corrected chi connectivity index (χ1v) is 9.73. The smallest absolute Gasteiger partial charge is 0.251 e. The summed E-state index contributed by atoms with van der Waals surface area (Å²) in [4.78, 5) is 26.8. The van der Waals surface area contributed by atoms with E-state index in [1.807, 2.05) is 24.3 Å².